The van der Waals surface area contributed by atoms with Gasteiger partial charge in [0.1, 0.15) is 0 Å². The number of rotatable bonds is 8. The van der Waals surface area contributed by atoms with Crippen LogP contribution in [0.25, 0.3) is 0 Å². The van der Waals surface area contributed by atoms with Gasteiger partial charge in [-0.15, -0.1) is 0 Å². The molecule has 1 N–H and O–H groups in total. The van der Waals surface area contributed by atoms with Crippen molar-refractivity contribution in [3.05, 3.63) is 0 Å². The van der Waals surface area contributed by atoms with Gasteiger partial charge in [-0.1, -0.05) is 33.6 Å². The normalized spacial score (nSPS) is 10.6. The standard InChI is InChI=1S/C11H24N2O/c1-4-7-9-11(14)12-13(6-3)10-8-5-2/h4-10H2,1-3H3,(H,12,14). The van der Waals surface area contributed by atoms with Crippen molar-refractivity contribution in [2.45, 2.75) is 52.9 Å². The Morgan fingerprint density at radius 1 is 1.14 bits per heavy atom. The van der Waals surface area contributed by atoms with E-state index in [1.165, 1.54) is 6.42 Å². The zero-order chi connectivity index (χ0) is 10.8. The number of hydrazine groups is 1. The molecule has 0 atom stereocenters. The zero-order valence-corrected chi connectivity index (χ0v) is 9.81. The second kappa shape index (κ2) is 9.00. The van der Waals surface area contributed by atoms with Crippen LogP contribution in [0.2, 0.25) is 0 Å². The average molecular weight is 200 g/mol. The van der Waals surface area contributed by atoms with E-state index in [9.17, 15) is 4.79 Å². The van der Waals surface area contributed by atoms with Gasteiger partial charge < -0.3 is 0 Å². The molecule has 0 radical (unpaired) electrons. The minimum absolute atomic E-state index is 0.157. The number of hydrogen-bond donors (Lipinski definition) is 1. The quantitative estimate of drug-likeness (QED) is 0.610. The van der Waals surface area contributed by atoms with Gasteiger partial charge in [0.25, 0.3) is 0 Å². The van der Waals surface area contributed by atoms with Crippen LogP contribution in [-0.4, -0.2) is 24.0 Å². The first-order valence-corrected chi connectivity index (χ1v) is 5.79. The predicted octanol–water partition coefficient (Wildman–Crippen LogP) is 2.33. The Kier molecular flexibility index (Phi) is 8.64. The third-order valence-electron chi connectivity index (χ3n) is 2.20. The van der Waals surface area contributed by atoms with Gasteiger partial charge in [0, 0.05) is 19.5 Å². The molecule has 0 saturated carbocycles. The summed E-state index contributed by atoms with van der Waals surface area (Å²) in [5.74, 6) is 0.157. The number of unbranched alkanes of at least 4 members (excludes halogenated alkanes) is 2. The first-order valence-electron chi connectivity index (χ1n) is 5.79. The molecule has 0 aromatic heterocycles. The number of hydrogen-bond acceptors (Lipinski definition) is 2. The smallest absolute Gasteiger partial charge is 0.234 e. The van der Waals surface area contributed by atoms with E-state index < -0.39 is 0 Å². The van der Waals surface area contributed by atoms with Crippen LogP contribution in [0.1, 0.15) is 52.9 Å². The number of amides is 1. The van der Waals surface area contributed by atoms with E-state index in [1.807, 2.05) is 5.01 Å². The summed E-state index contributed by atoms with van der Waals surface area (Å²) in [4.78, 5) is 11.4. The first-order chi connectivity index (χ1) is 6.74. The van der Waals surface area contributed by atoms with Crippen molar-refractivity contribution in [3.63, 3.8) is 0 Å². The molecule has 0 aliphatic rings. The van der Waals surface area contributed by atoms with E-state index in [0.29, 0.717) is 6.42 Å². The highest BCUT2D eigenvalue weighted by molar-refractivity contribution is 5.75. The lowest BCUT2D eigenvalue weighted by Crippen LogP contribution is -2.42. The molecule has 0 saturated heterocycles. The van der Waals surface area contributed by atoms with E-state index >= 15 is 0 Å². The van der Waals surface area contributed by atoms with Gasteiger partial charge in [-0.05, 0) is 12.8 Å². The maximum absolute atomic E-state index is 11.4. The van der Waals surface area contributed by atoms with Crippen molar-refractivity contribution in [2.24, 2.45) is 0 Å². The topological polar surface area (TPSA) is 32.3 Å². The van der Waals surface area contributed by atoms with Crippen molar-refractivity contribution in [2.75, 3.05) is 13.1 Å². The fraction of sp³-hybridized carbons (Fsp3) is 0.909. The molecule has 0 aromatic rings. The molecule has 0 spiro atoms. The van der Waals surface area contributed by atoms with Crippen molar-refractivity contribution in [1.29, 1.82) is 0 Å². The van der Waals surface area contributed by atoms with Crippen LogP contribution < -0.4 is 5.43 Å². The summed E-state index contributed by atoms with van der Waals surface area (Å²) < 4.78 is 0. The monoisotopic (exact) mass is 200 g/mol. The Labute approximate surface area is 87.8 Å². The summed E-state index contributed by atoms with van der Waals surface area (Å²) in [5.41, 5.74) is 2.93. The van der Waals surface area contributed by atoms with Crippen LogP contribution in [0.15, 0.2) is 0 Å². The van der Waals surface area contributed by atoms with Crippen molar-refractivity contribution >= 4 is 5.91 Å². The molecular formula is C11H24N2O. The Balaban J connectivity index is 3.62. The summed E-state index contributed by atoms with van der Waals surface area (Å²) >= 11 is 0. The lowest BCUT2D eigenvalue weighted by Gasteiger charge is -2.20. The summed E-state index contributed by atoms with van der Waals surface area (Å²) in [6.07, 6.45) is 5.02. The molecule has 14 heavy (non-hydrogen) atoms. The molecule has 84 valence electrons. The fourth-order valence-electron chi connectivity index (χ4n) is 1.21. The van der Waals surface area contributed by atoms with Gasteiger partial charge in [0.15, 0.2) is 0 Å². The van der Waals surface area contributed by atoms with E-state index in [4.69, 9.17) is 0 Å². The molecule has 0 fully saturated rings. The molecule has 3 heteroatoms. The van der Waals surface area contributed by atoms with Crippen LogP contribution in [-0.2, 0) is 4.79 Å². The highest BCUT2D eigenvalue weighted by Gasteiger charge is 2.05. The molecule has 0 aliphatic carbocycles. The number of carbonyl (C=O) groups is 1. The van der Waals surface area contributed by atoms with Crippen molar-refractivity contribution < 1.29 is 4.79 Å². The van der Waals surface area contributed by atoms with Gasteiger partial charge in [0.05, 0.1) is 0 Å². The SMILES string of the molecule is CCCCC(=O)NN(CC)CCCC. The number of carbonyl (C=O) groups excluding carboxylic acids is 1. The third-order valence-corrected chi connectivity index (χ3v) is 2.20. The lowest BCUT2D eigenvalue weighted by atomic mass is 10.2. The minimum atomic E-state index is 0.157. The predicted molar refractivity (Wildman–Crippen MR) is 59.8 cm³/mol. The fourth-order valence-corrected chi connectivity index (χ4v) is 1.21. The van der Waals surface area contributed by atoms with Gasteiger partial charge in [-0.25, -0.2) is 5.01 Å². The van der Waals surface area contributed by atoms with Crippen molar-refractivity contribution in [1.82, 2.24) is 10.4 Å². The molecule has 0 rings (SSSR count). The van der Waals surface area contributed by atoms with E-state index in [0.717, 1.165) is 32.4 Å². The Hall–Kier alpha value is -0.570. The van der Waals surface area contributed by atoms with Gasteiger partial charge in [-0.2, -0.15) is 0 Å². The van der Waals surface area contributed by atoms with Gasteiger partial charge >= 0.3 is 0 Å². The summed E-state index contributed by atoms with van der Waals surface area (Å²) in [6.45, 7) is 8.17. The van der Waals surface area contributed by atoms with E-state index in [2.05, 4.69) is 26.2 Å². The Morgan fingerprint density at radius 3 is 2.29 bits per heavy atom. The van der Waals surface area contributed by atoms with Crippen molar-refractivity contribution in [3.8, 4) is 0 Å². The molecule has 1 amide bonds. The molecule has 0 unspecified atom stereocenters. The highest BCUT2D eigenvalue weighted by Crippen LogP contribution is 1.96. The molecule has 0 bridgehead atoms. The zero-order valence-electron chi connectivity index (χ0n) is 9.81. The Morgan fingerprint density at radius 2 is 1.79 bits per heavy atom. The minimum Gasteiger partial charge on any atom is -0.289 e. The molecule has 3 nitrogen and oxygen atoms in total. The Bertz CT molecular complexity index is 148. The van der Waals surface area contributed by atoms with Crippen LogP contribution in [0.4, 0.5) is 0 Å². The largest absolute Gasteiger partial charge is 0.289 e. The molecule has 0 aliphatic heterocycles. The second-order valence-corrected chi connectivity index (χ2v) is 3.57. The maximum atomic E-state index is 11.4. The molecule has 0 heterocycles. The number of nitrogens with zero attached hydrogens (tertiary/aromatic N) is 1. The van der Waals surface area contributed by atoms with Crippen LogP contribution in [0.3, 0.4) is 0 Å². The summed E-state index contributed by atoms with van der Waals surface area (Å²) in [5, 5.41) is 2.00. The van der Waals surface area contributed by atoms with E-state index in [1.54, 1.807) is 0 Å². The molecule has 0 aromatic carbocycles. The van der Waals surface area contributed by atoms with Gasteiger partial charge in [-0.3, -0.25) is 10.2 Å². The van der Waals surface area contributed by atoms with Crippen LogP contribution >= 0.6 is 0 Å². The second-order valence-electron chi connectivity index (χ2n) is 3.57. The average Bonchev–Trinajstić information content (AvgIpc) is 2.21. The lowest BCUT2D eigenvalue weighted by molar-refractivity contribution is -0.126. The number of nitrogens with one attached hydrogen (secondary N) is 1. The summed E-state index contributed by atoms with van der Waals surface area (Å²) in [6, 6.07) is 0. The highest BCUT2D eigenvalue weighted by atomic mass is 16.2. The maximum Gasteiger partial charge on any atom is 0.234 e. The van der Waals surface area contributed by atoms with Crippen LogP contribution in [0, 0.1) is 0 Å². The molecular weight excluding hydrogens is 176 g/mol. The van der Waals surface area contributed by atoms with Crippen LogP contribution in [0.5, 0.6) is 0 Å². The third kappa shape index (κ3) is 6.89. The summed E-state index contributed by atoms with van der Waals surface area (Å²) in [7, 11) is 0. The van der Waals surface area contributed by atoms with Gasteiger partial charge in [0.2, 0.25) is 5.91 Å². The first kappa shape index (κ1) is 13.4. The van der Waals surface area contributed by atoms with E-state index in [-0.39, 0.29) is 5.91 Å².